The third-order valence-corrected chi connectivity index (χ3v) is 4.31. The lowest BCUT2D eigenvalue weighted by Gasteiger charge is -2.21. The van der Waals surface area contributed by atoms with Gasteiger partial charge in [-0.15, -0.1) is 0 Å². The Labute approximate surface area is 110 Å². The highest BCUT2D eigenvalue weighted by Gasteiger charge is 2.28. The summed E-state index contributed by atoms with van der Waals surface area (Å²) in [6.45, 7) is 4.25. The molecule has 1 aliphatic carbocycles. The summed E-state index contributed by atoms with van der Waals surface area (Å²) in [5, 5.41) is 3.72. The van der Waals surface area contributed by atoms with Crippen LogP contribution >= 0.6 is 0 Å². The molecule has 2 unspecified atom stereocenters. The molecule has 98 valence electrons. The molecular formula is C16H23NO. The number of hydrogen-bond donors (Lipinski definition) is 1. The van der Waals surface area contributed by atoms with Crippen molar-refractivity contribution in [2.75, 3.05) is 13.2 Å². The summed E-state index contributed by atoms with van der Waals surface area (Å²) in [4.78, 5) is 0. The fourth-order valence-electron chi connectivity index (χ4n) is 3.37. The molecule has 1 N–H and O–H groups in total. The first-order chi connectivity index (χ1) is 8.88. The van der Waals surface area contributed by atoms with Gasteiger partial charge in [0.05, 0.1) is 6.61 Å². The second-order valence-corrected chi connectivity index (χ2v) is 5.56. The van der Waals surface area contributed by atoms with Crippen LogP contribution in [0.3, 0.4) is 0 Å². The van der Waals surface area contributed by atoms with Crippen LogP contribution in [-0.4, -0.2) is 19.2 Å². The highest BCUT2D eigenvalue weighted by molar-refractivity contribution is 5.41. The molecule has 3 rings (SSSR count). The Balaban J connectivity index is 1.76. The summed E-state index contributed by atoms with van der Waals surface area (Å²) in [5.74, 6) is 1.82. The van der Waals surface area contributed by atoms with Gasteiger partial charge in [-0.1, -0.05) is 25.5 Å². The predicted octanol–water partition coefficient (Wildman–Crippen LogP) is 3.26. The Bertz CT molecular complexity index is 416. The van der Waals surface area contributed by atoms with Crippen LogP contribution in [0.5, 0.6) is 5.75 Å². The Hall–Kier alpha value is -1.02. The molecule has 2 aliphatic rings. The van der Waals surface area contributed by atoms with Crippen molar-refractivity contribution in [2.45, 2.75) is 51.0 Å². The zero-order valence-corrected chi connectivity index (χ0v) is 11.2. The number of fused-ring (bicyclic) bond motifs is 1. The summed E-state index contributed by atoms with van der Waals surface area (Å²) in [6.07, 6.45) is 6.34. The molecule has 1 heterocycles. The molecule has 18 heavy (non-hydrogen) atoms. The van der Waals surface area contributed by atoms with Crippen molar-refractivity contribution in [3.8, 4) is 5.75 Å². The van der Waals surface area contributed by atoms with Crippen molar-refractivity contribution in [1.29, 1.82) is 0 Å². The van der Waals surface area contributed by atoms with E-state index in [1.165, 1.54) is 36.8 Å². The Morgan fingerprint density at radius 1 is 1.33 bits per heavy atom. The molecule has 1 aromatic rings. The quantitative estimate of drug-likeness (QED) is 0.879. The van der Waals surface area contributed by atoms with Gasteiger partial charge in [-0.2, -0.15) is 0 Å². The van der Waals surface area contributed by atoms with Gasteiger partial charge in [0.25, 0.3) is 0 Å². The molecule has 1 saturated carbocycles. The number of benzene rings is 1. The van der Waals surface area contributed by atoms with Crippen molar-refractivity contribution in [3.63, 3.8) is 0 Å². The van der Waals surface area contributed by atoms with E-state index in [4.69, 9.17) is 4.74 Å². The van der Waals surface area contributed by atoms with E-state index < -0.39 is 0 Å². The van der Waals surface area contributed by atoms with Crippen molar-refractivity contribution in [1.82, 2.24) is 5.32 Å². The van der Waals surface area contributed by atoms with Crippen molar-refractivity contribution < 1.29 is 4.74 Å². The van der Waals surface area contributed by atoms with Crippen molar-refractivity contribution in [2.24, 2.45) is 0 Å². The summed E-state index contributed by atoms with van der Waals surface area (Å²) in [6, 6.07) is 7.53. The maximum Gasteiger partial charge on any atom is 0.122 e. The molecule has 2 atom stereocenters. The predicted molar refractivity (Wildman–Crippen MR) is 74.3 cm³/mol. The van der Waals surface area contributed by atoms with Crippen LogP contribution in [0.2, 0.25) is 0 Å². The van der Waals surface area contributed by atoms with Crippen LogP contribution in [-0.2, 0) is 6.42 Å². The van der Waals surface area contributed by atoms with E-state index in [0.717, 1.165) is 25.3 Å². The zero-order chi connectivity index (χ0) is 12.4. The summed E-state index contributed by atoms with van der Waals surface area (Å²) in [5.41, 5.74) is 2.93. The zero-order valence-electron chi connectivity index (χ0n) is 11.2. The van der Waals surface area contributed by atoms with E-state index in [-0.39, 0.29) is 0 Å². The summed E-state index contributed by atoms with van der Waals surface area (Å²) in [7, 11) is 0. The molecule has 0 spiro atoms. The second-order valence-electron chi connectivity index (χ2n) is 5.56. The number of rotatable bonds is 4. The molecule has 0 bridgehead atoms. The average Bonchev–Trinajstić information content (AvgIpc) is 3.03. The van der Waals surface area contributed by atoms with E-state index in [1.54, 1.807) is 0 Å². The van der Waals surface area contributed by atoms with Gasteiger partial charge in [-0.25, -0.2) is 0 Å². The molecule has 0 aromatic heterocycles. The lowest BCUT2D eigenvalue weighted by molar-refractivity contribution is 0.356. The minimum Gasteiger partial charge on any atom is -0.493 e. The smallest absolute Gasteiger partial charge is 0.122 e. The number of hydrogen-bond acceptors (Lipinski definition) is 2. The average molecular weight is 245 g/mol. The Morgan fingerprint density at radius 3 is 3.17 bits per heavy atom. The SMILES string of the molecule is CCCNC1CCCC1c1ccc2c(c1)CCO2. The first kappa shape index (κ1) is 12.0. The monoisotopic (exact) mass is 245 g/mol. The first-order valence-electron chi connectivity index (χ1n) is 7.37. The Kier molecular flexibility index (Phi) is 3.55. The van der Waals surface area contributed by atoms with Crippen LogP contribution in [0.4, 0.5) is 0 Å². The topological polar surface area (TPSA) is 21.3 Å². The van der Waals surface area contributed by atoms with Gasteiger partial charge < -0.3 is 10.1 Å². The molecule has 0 saturated heterocycles. The van der Waals surface area contributed by atoms with Crippen LogP contribution in [0.15, 0.2) is 18.2 Å². The van der Waals surface area contributed by atoms with Gasteiger partial charge in [-0.3, -0.25) is 0 Å². The van der Waals surface area contributed by atoms with Crippen LogP contribution in [0.25, 0.3) is 0 Å². The molecule has 1 aromatic carbocycles. The maximum absolute atomic E-state index is 5.59. The molecule has 2 heteroatoms. The summed E-state index contributed by atoms with van der Waals surface area (Å²) < 4.78 is 5.59. The number of ether oxygens (including phenoxy) is 1. The lowest BCUT2D eigenvalue weighted by atomic mass is 9.92. The largest absolute Gasteiger partial charge is 0.493 e. The highest BCUT2D eigenvalue weighted by Crippen LogP contribution is 2.37. The van der Waals surface area contributed by atoms with Gasteiger partial charge >= 0.3 is 0 Å². The fraction of sp³-hybridized carbons (Fsp3) is 0.625. The van der Waals surface area contributed by atoms with Crippen LogP contribution in [0, 0.1) is 0 Å². The molecule has 1 fully saturated rings. The van der Waals surface area contributed by atoms with E-state index >= 15 is 0 Å². The summed E-state index contributed by atoms with van der Waals surface area (Å²) >= 11 is 0. The minimum atomic E-state index is 0.685. The first-order valence-corrected chi connectivity index (χ1v) is 7.37. The van der Waals surface area contributed by atoms with E-state index in [0.29, 0.717) is 12.0 Å². The second kappa shape index (κ2) is 5.31. The van der Waals surface area contributed by atoms with Gasteiger partial charge in [0.2, 0.25) is 0 Å². The van der Waals surface area contributed by atoms with Gasteiger partial charge in [-0.05, 0) is 48.9 Å². The lowest BCUT2D eigenvalue weighted by Crippen LogP contribution is -2.31. The van der Waals surface area contributed by atoms with Crippen molar-refractivity contribution in [3.05, 3.63) is 29.3 Å². The Morgan fingerprint density at radius 2 is 2.28 bits per heavy atom. The third-order valence-electron chi connectivity index (χ3n) is 4.31. The van der Waals surface area contributed by atoms with Gasteiger partial charge in [0.15, 0.2) is 0 Å². The normalized spacial score (nSPS) is 26.1. The molecule has 0 amide bonds. The molecular weight excluding hydrogens is 222 g/mol. The maximum atomic E-state index is 5.59. The van der Waals surface area contributed by atoms with Gasteiger partial charge in [0.1, 0.15) is 5.75 Å². The third kappa shape index (κ3) is 2.26. The van der Waals surface area contributed by atoms with Crippen LogP contribution < -0.4 is 10.1 Å². The van der Waals surface area contributed by atoms with Crippen LogP contribution in [0.1, 0.15) is 49.7 Å². The standard InChI is InChI=1S/C16H23NO/c1-2-9-17-15-5-3-4-14(15)12-6-7-16-13(11-12)8-10-18-16/h6-7,11,14-15,17H,2-5,8-10H2,1H3. The highest BCUT2D eigenvalue weighted by atomic mass is 16.5. The molecule has 2 nitrogen and oxygen atoms in total. The number of nitrogens with one attached hydrogen (secondary N) is 1. The molecule has 0 radical (unpaired) electrons. The fourth-order valence-corrected chi connectivity index (χ4v) is 3.37. The van der Waals surface area contributed by atoms with E-state index in [2.05, 4.69) is 30.4 Å². The van der Waals surface area contributed by atoms with Crippen molar-refractivity contribution >= 4 is 0 Å². The minimum absolute atomic E-state index is 0.685. The van der Waals surface area contributed by atoms with E-state index in [1.807, 2.05) is 0 Å². The van der Waals surface area contributed by atoms with E-state index in [9.17, 15) is 0 Å². The molecule has 1 aliphatic heterocycles. The van der Waals surface area contributed by atoms with Gasteiger partial charge in [0, 0.05) is 12.5 Å².